The molecule has 0 spiro atoms. The van der Waals surface area contributed by atoms with Gasteiger partial charge in [0.1, 0.15) is 12.8 Å². The fourth-order valence-corrected chi connectivity index (χ4v) is 10.3. The van der Waals surface area contributed by atoms with E-state index in [9.17, 15) is 19.8 Å². The number of aliphatic hydroxyl groups is 2. The lowest BCUT2D eigenvalue weighted by molar-refractivity contribution is -0.235. The van der Waals surface area contributed by atoms with Crippen molar-refractivity contribution >= 4 is 23.3 Å². The first-order valence-corrected chi connectivity index (χ1v) is 16.6. The number of carbonyl (C=O) groups is 2. The van der Waals surface area contributed by atoms with Crippen molar-refractivity contribution in [3.63, 3.8) is 0 Å². The fraction of sp³-hybridized carbons (Fsp3) is 0.500. The smallest absolute Gasteiger partial charge is 0.193 e. The molecule has 238 valence electrons. The molecule has 7 rings (SSSR count). The molecule has 3 saturated carbocycles. The topological polar surface area (TPSA) is 93.1 Å². The molecule has 0 radical (unpaired) electrons. The van der Waals surface area contributed by atoms with E-state index < -0.39 is 76.8 Å². The zero-order chi connectivity index (χ0) is 31.9. The third kappa shape index (κ3) is 4.27. The van der Waals surface area contributed by atoms with Gasteiger partial charge >= 0.3 is 0 Å². The van der Waals surface area contributed by atoms with E-state index in [1.807, 2.05) is 30.3 Å². The summed E-state index contributed by atoms with van der Waals surface area (Å²) in [7, 11) is 0. The van der Waals surface area contributed by atoms with Crippen LogP contribution in [0.15, 0.2) is 77.2 Å². The zero-order valence-electron chi connectivity index (χ0n) is 25.5. The number of carbonyl (C=O) groups excluding carboxylic acids is 2. The van der Waals surface area contributed by atoms with Gasteiger partial charge in [-0.05, 0) is 74.4 Å². The van der Waals surface area contributed by atoms with E-state index in [0.29, 0.717) is 5.56 Å². The molecule has 0 bridgehead atoms. The Bertz CT molecular complexity index is 1610. The van der Waals surface area contributed by atoms with Crippen molar-refractivity contribution in [2.24, 2.45) is 22.7 Å². The predicted molar refractivity (Wildman–Crippen MR) is 165 cm³/mol. The van der Waals surface area contributed by atoms with Gasteiger partial charge in [0.15, 0.2) is 29.1 Å². The van der Waals surface area contributed by atoms with Crippen LogP contribution in [0.25, 0.3) is 0 Å². The number of alkyl halides is 2. The van der Waals surface area contributed by atoms with Gasteiger partial charge in [0.05, 0.1) is 12.2 Å². The maximum Gasteiger partial charge on any atom is 0.193 e. The summed E-state index contributed by atoms with van der Waals surface area (Å²) >= 11 is 1.73. The van der Waals surface area contributed by atoms with Crippen molar-refractivity contribution in [3.8, 4) is 0 Å². The third-order valence-corrected chi connectivity index (χ3v) is 12.6. The van der Waals surface area contributed by atoms with Crippen LogP contribution in [0, 0.1) is 29.6 Å². The van der Waals surface area contributed by atoms with Gasteiger partial charge in [-0.15, -0.1) is 11.8 Å². The molecule has 2 aromatic carbocycles. The maximum absolute atomic E-state index is 17.6. The van der Waals surface area contributed by atoms with Gasteiger partial charge in [0.2, 0.25) is 0 Å². The molecule has 0 aromatic heterocycles. The van der Waals surface area contributed by atoms with Gasteiger partial charge in [-0.25, -0.2) is 8.78 Å². The number of ether oxygens (including phenoxy) is 2. The lowest BCUT2D eigenvalue weighted by Crippen LogP contribution is -2.70. The molecule has 10 atom stereocenters. The molecule has 0 unspecified atom stereocenters. The van der Waals surface area contributed by atoms with E-state index in [2.05, 4.69) is 25.1 Å². The summed E-state index contributed by atoms with van der Waals surface area (Å²) in [4.78, 5) is 27.0. The van der Waals surface area contributed by atoms with Gasteiger partial charge in [-0.3, -0.25) is 9.59 Å². The van der Waals surface area contributed by atoms with Gasteiger partial charge in [0, 0.05) is 33.0 Å². The first-order valence-electron chi connectivity index (χ1n) is 15.6. The SMILES string of the molecule is Cc1cccc(SCc2ccc([C@H]3O[C@@H]4C[C@H]5[C@@H]6C[C@H](F)C7=CC(=O)C=C[C@]7(C)[C@@]6(F)[C@@H](O)C[C@]5(C)[C@]4(C(=O)CO)O3)cc2)c1. The van der Waals surface area contributed by atoms with Crippen LogP contribution in [0.2, 0.25) is 0 Å². The molecule has 1 saturated heterocycles. The number of aliphatic hydroxyl groups excluding tert-OH is 2. The minimum atomic E-state index is -2.28. The number of rotatable bonds is 6. The van der Waals surface area contributed by atoms with Crippen LogP contribution in [-0.4, -0.2) is 58.0 Å². The Morgan fingerprint density at radius 3 is 2.58 bits per heavy atom. The standard InChI is InChI=1S/C36H38F2O6S/c1-20-5-4-6-24(13-20)45-19-21-7-9-22(10-8-21)32-43-31-16-25-26-15-28(37)27-14-23(40)11-12-33(27,2)35(26,38)29(41)17-34(25,3)36(31,44-32)30(42)18-39/h4-14,25-26,28-29,31-32,39,41H,15-19H2,1-3H3/t25-,26-,28-,29-,31+,32-,33-,34-,35-,36+/m0/s1. The van der Waals surface area contributed by atoms with Crippen molar-refractivity contribution in [1.29, 1.82) is 0 Å². The highest BCUT2D eigenvalue weighted by Gasteiger charge is 2.80. The summed E-state index contributed by atoms with van der Waals surface area (Å²) in [5.41, 5.74) is -3.56. The minimum absolute atomic E-state index is 0.0454. The lowest BCUT2D eigenvalue weighted by atomic mass is 9.44. The van der Waals surface area contributed by atoms with E-state index in [1.54, 1.807) is 25.6 Å². The van der Waals surface area contributed by atoms with Crippen LogP contribution in [-0.2, 0) is 24.8 Å². The minimum Gasteiger partial charge on any atom is -0.390 e. The van der Waals surface area contributed by atoms with Gasteiger partial charge in [-0.2, -0.15) is 0 Å². The number of benzene rings is 2. The first kappa shape index (κ1) is 30.9. The number of hydrogen-bond acceptors (Lipinski definition) is 7. The zero-order valence-corrected chi connectivity index (χ0v) is 26.4. The fourth-order valence-electron chi connectivity index (χ4n) is 9.36. The Balaban J connectivity index is 1.18. The quantitative estimate of drug-likeness (QED) is 0.380. The highest BCUT2D eigenvalue weighted by molar-refractivity contribution is 7.98. The van der Waals surface area contributed by atoms with Crippen LogP contribution in [0.3, 0.4) is 0 Å². The van der Waals surface area contributed by atoms with Crippen molar-refractivity contribution in [3.05, 3.63) is 89.0 Å². The Hall–Kier alpha value is -2.69. The molecule has 4 fully saturated rings. The number of fused-ring (bicyclic) bond motifs is 7. The van der Waals surface area contributed by atoms with E-state index in [0.717, 1.165) is 17.4 Å². The molecule has 5 aliphatic rings. The Morgan fingerprint density at radius 2 is 1.87 bits per heavy atom. The van der Waals surface area contributed by atoms with Crippen molar-refractivity contribution in [1.82, 2.24) is 0 Å². The molecule has 2 N–H and O–H groups in total. The second kappa shape index (κ2) is 10.7. The highest BCUT2D eigenvalue weighted by Crippen LogP contribution is 2.72. The average Bonchev–Trinajstić information content (AvgIpc) is 3.52. The summed E-state index contributed by atoms with van der Waals surface area (Å²) in [6.07, 6.45) is -1.30. The first-order chi connectivity index (χ1) is 21.4. The molecule has 2 aromatic rings. The Labute approximate surface area is 265 Å². The number of ketones is 2. The highest BCUT2D eigenvalue weighted by atomic mass is 32.2. The Kier molecular flexibility index (Phi) is 7.34. The van der Waals surface area contributed by atoms with Crippen molar-refractivity contribution in [2.75, 3.05) is 6.61 Å². The van der Waals surface area contributed by atoms with Crippen molar-refractivity contribution < 1.29 is 38.1 Å². The summed E-state index contributed by atoms with van der Waals surface area (Å²) in [6, 6.07) is 16.1. The number of hydrogen-bond donors (Lipinski definition) is 2. The van der Waals surface area contributed by atoms with Gasteiger partial charge < -0.3 is 19.7 Å². The number of Topliss-reactive ketones (excluding diaryl/α,β-unsaturated/α-hetero) is 1. The van der Waals surface area contributed by atoms with Crippen LogP contribution in [0.4, 0.5) is 8.78 Å². The molecule has 1 aliphatic heterocycles. The second-order valence-corrected chi connectivity index (χ2v) is 14.9. The molecular formula is C36H38F2O6S. The molecule has 45 heavy (non-hydrogen) atoms. The number of thioether (sulfide) groups is 1. The lowest BCUT2D eigenvalue weighted by Gasteiger charge is -2.63. The molecule has 0 amide bonds. The summed E-state index contributed by atoms with van der Waals surface area (Å²) in [6.45, 7) is 4.58. The van der Waals surface area contributed by atoms with E-state index in [1.165, 1.54) is 22.6 Å². The normalized spacial score (nSPS) is 41.6. The van der Waals surface area contributed by atoms with E-state index in [4.69, 9.17) is 9.47 Å². The maximum atomic E-state index is 17.6. The molecule has 6 nitrogen and oxygen atoms in total. The van der Waals surface area contributed by atoms with E-state index >= 15 is 8.78 Å². The average molecular weight is 637 g/mol. The summed E-state index contributed by atoms with van der Waals surface area (Å²) < 4.78 is 46.4. The summed E-state index contributed by atoms with van der Waals surface area (Å²) in [5, 5.41) is 21.9. The van der Waals surface area contributed by atoms with E-state index in [-0.39, 0.29) is 24.8 Å². The number of aryl methyl sites for hydroxylation is 1. The van der Waals surface area contributed by atoms with Gasteiger partial charge in [-0.1, -0.05) is 55.0 Å². The number of allylic oxidation sites excluding steroid dienone is 4. The van der Waals surface area contributed by atoms with Gasteiger partial charge in [0.25, 0.3) is 0 Å². The van der Waals surface area contributed by atoms with Crippen molar-refractivity contribution in [2.45, 2.75) is 86.6 Å². The van der Waals surface area contributed by atoms with Crippen LogP contribution in [0.5, 0.6) is 0 Å². The van der Waals surface area contributed by atoms with Crippen LogP contribution in [0.1, 0.15) is 56.1 Å². The molecule has 9 heteroatoms. The van der Waals surface area contributed by atoms with Crippen LogP contribution >= 0.6 is 11.8 Å². The van der Waals surface area contributed by atoms with Crippen LogP contribution < -0.4 is 0 Å². The Morgan fingerprint density at radius 1 is 1.11 bits per heavy atom. The number of halogens is 2. The molecule has 4 aliphatic carbocycles. The molecular weight excluding hydrogens is 598 g/mol. The largest absolute Gasteiger partial charge is 0.390 e. The summed E-state index contributed by atoms with van der Waals surface area (Å²) in [5.74, 6) is -1.80. The third-order valence-electron chi connectivity index (χ3n) is 11.6. The second-order valence-electron chi connectivity index (χ2n) is 13.8. The predicted octanol–water partition coefficient (Wildman–Crippen LogP) is 5.93. The molecule has 1 heterocycles. The monoisotopic (exact) mass is 636 g/mol.